The Kier molecular flexibility index (Phi) is 4.97. The van der Waals surface area contributed by atoms with Crippen LogP contribution >= 0.6 is 0 Å². The summed E-state index contributed by atoms with van der Waals surface area (Å²) in [6.45, 7) is 0.283. The third kappa shape index (κ3) is 3.53. The summed E-state index contributed by atoms with van der Waals surface area (Å²) in [4.78, 5) is 56.0. The predicted octanol–water partition coefficient (Wildman–Crippen LogP) is 2.64. The van der Waals surface area contributed by atoms with Crippen molar-refractivity contribution in [2.24, 2.45) is 0 Å². The zero-order valence-corrected chi connectivity index (χ0v) is 17.3. The number of anilines is 1. The number of nitrogens with one attached hydrogen (secondary N) is 2. The molecule has 2 aromatic carbocycles. The minimum absolute atomic E-state index is 0.0313. The highest BCUT2D eigenvalue weighted by Gasteiger charge is 2.39. The van der Waals surface area contributed by atoms with Crippen molar-refractivity contribution in [2.75, 3.05) is 18.0 Å². The Bertz CT molecular complexity index is 1250. The number of ketones is 1. The number of imide groups is 1. The number of hydrogen-bond donors (Lipinski definition) is 2. The van der Waals surface area contributed by atoms with E-state index in [-0.39, 0.29) is 18.2 Å². The number of fused-ring (bicyclic) bond motifs is 1. The van der Waals surface area contributed by atoms with Gasteiger partial charge in [-0.1, -0.05) is 30.3 Å². The molecule has 1 aromatic heterocycles. The van der Waals surface area contributed by atoms with Crippen molar-refractivity contribution < 1.29 is 19.2 Å². The quantitative estimate of drug-likeness (QED) is 0.464. The molecule has 1 atom stereocenters. The average molecular weight is 430 g/mol. The zero-order chi connectivity index (χ0) is 22.2. The zero-order valence-electron chi connectivity index (χ0n) is 17.3. The van der Waals surface area contributed by atoms with E-state index in [1.165, 1.54) is 0 Å². The van der Waals surface area contributed by atoms with Gasteiger partial charge in [-0.05, 0) is 30.2 Å². The van der Waals surface area contributed by atoms with E-state index in [0.717, 1.165) is 27.8 Å². The van der Waals surface area contributed by atoms with Crippen LogP contribution in [-0.2, 0) is 16.0 Å². The first-order valence-electron chi connectivity index (χ1n) is 10.6. The monoisotopic (exact) mass is 430 g/mol. The summed E-state index contributed by atoms with van der Waals surface area (Å²) in [5.41, 5.74) is 2.91. The van der Waals surface area contributed by atoms with Crippen molar-refractivity contribution in [3.05, 3.63) is 65.9 Å². The van der Waals surface area contributed by atoms with Crippen LogP contribution in [0.5, 0.6) is 0 Å². The molecule has 0 bridgehead atoms. The molecule has 5 rings (SSSR count). The maximum absolute atomic E-state index is 12.9. The second-order valence-electron chi connectivity index (χ2n) is 8.11. The molecule has 162 valence electrons. The van der Waals surface area contributed by atoms with Gasteiger partial charge in [0.2, 0.25) is 5.91 Å². The lowest BCUT2D eigenvalue weighted by atomic mass is 10.0. The fourth-order valence-electron chi connectivity index (χ4n) is 4.39. The Balaban J connectivity index is 1.29. The number of aromatic amines is 1. The van der Waals surface area contributed by atoms with Crippen molar-refractivity contribution in [2.45, 2.75) is 25.3 Å². The molecule has 32 heavy (non-hydrogen) atoms. The number of nitrogens with zero attached hydrogens (tertiary/aromatic N) is 2. The summed E-state index contributed by atoms with van der Waals surface area (Å²) in [5, 5.41) is 3.69. The number of amides is 4. The molecule has 2 fully saturated rings. The van der Waals surface area contributed by atoms with Crippen molar-refractivity contribution in [1.29, 1.82) is 0 Å². The van der Waals surface area contributed by atoms with Crippen LogP contribution in [0.3, 0.4) is 0 Å². The summed E-state index contributed by atoms with van der Waals surface area (Å²) < 4.78 is 0. The van der Waals surface area contributed by atoms with E-state index in [0.29, 0.717) is 30.6 Å². The molecule has 0 radical (unpaired) electrons. The number of Topliss-reactive ketones (excluding diaryl/α,β-unsaturated/α-hetero) is 1. The number of rotatable bonds is 6. The molecule has 0 spiro atoms. The Hall–Kier alpha value is -3.94. The molecule has 2 aliphatic heterocycles. The summed E-state index contributed by atoms with van der Waals surface area (Å²) in [6, 6.07) is 13.2. The van der Waals surface area contributed by atoms with Crippen LogP contribution in [0, 0.1) is 0 Å². The van der Waals surface area contributed by atoms with Gasteiger partial charge in [-0.2, -0.15) is 0 Å². The van der Waals surface area contributed by atoms with Crippen LogP contribution in [0.2, 0.25) is 0 Å². The number of H-pyrrole nitrogens is 1. The highest BCUT2D eigenvalue weighted by Crippen LogP contribution is 2.24. The lowest BCUT2D eigenvalue weighted by Gasteiger charge is -2.17. The molecule has 2 N–H and O–H groups in total. The molecule has 8 nitrogen and oxygen atoms in total. The molecular weight excluding hydrogens is 408 g/mol. The lowest BCUT2D eigenvalue weighted by molar-refractivity contribution is -0.127. The van der Waals surface area contributed by atoms with E-state index in [4.69, 9.17) is 0 Å². The molecule has 0 aliphatic carbocycles. The number of aromatic nitrogens is 1. The highest BCUT2D eigenvalue weighted by molar-refractivity contribution is 6.10. The van der Waals surface area contributed by atoms with Gasteiger partial charge in [0, 0.05) is 47.7 Å². The van der Waals surface area contributed by atoms with Gasteiger partial charge in [-0.25, -0.2) is 4.79 Å². The number of carbonyl (C=O) groups is 4. The van der Waals surface area contributed by atoms with E-state index in [2.05, 4.69) is 10.3 Å². The minimum Gasteiger partial charge on any atom is -0.361 e. The summed E-state index contributed by atoms with van der Waals surface area (Å²) in [6.07, 6.45) is 3.46. The molecular formula is C24H22N4O4. The molecule has 2 saturated heterocycles. The Labute approximate surface area is 184 Å². The van der Waals surface area contributed by atoms with E-state index < -0.39 is 18.0 Å². The van der Waals surface area contributed by atoms with Gasteiger partial charge in [0.1, 0.15) is 6.04 Å². The normalized spacial score (nSPS) is 18.6. The molecule has 0 unspecified atom stereocenters. The van der Waals surface area contributed by atoms with Gasteiger partial charge < -0.3 is 15.2 Å². The van der Waals surface area contributed by atoms with Gasteiger partial charge in [0.15, 0.2) is 5.78 Å². The second kappa shape index (κ2) is 7.96. The van der Waals surface area contributed by atoms with Crippen LogP contribution in [0.1, 0.15) is 28.8 Å². The Morgan fingerprint density at radius 1 is 1.06 bits per heavy atom. The second-order valence-corrected chi connectivity index (χ2v) is 8.11. The van der Waals surface area contributed by atoms with Gasteiger partial charge in [-0.3, -0.25) is 19.3 Å². The largest absolute Gasteiger partial charge is 0.361 e. The van der Waals surface area contributed by atoms with Crippen LogP contribution in [0.4, 0.5) is 10.5 Å². The van der Waals surface area contributed by atoms with Gasteiger partial charge in [0.05, 0.1) is 6.54 Å². The van der Waals surface area contributed by atoms with E-state index >= 15 is 0 Å². The average Bonchev–Trinajstić information content (AvgIpc) is 3.48. The third-order valence-corrected chi connectivity index (χ3v) is 6.06. The first-order chi connectivity index (χ1) is 15.5. The molecule has 2 aliphatic rings. The van der Waals surface area contributed by atoms with Gasteiger partial charge in [0.25, 0.3) is 5.91 Å². The number of para-hydroxylation sites is 1. The van der Waals surface area contributed by atoms with Crippen LogP contribution in [-0.4, -0.2) is 52.6 Å². The SMILES string of the molecule is O=C(CN1C(=O)N[C@H](Cc2c[nH]c3ccccc23)C1=O)c1cccc(N2CCCC2=O)c1. The van der Waals surface area contributed by atoms with E-state index in [9.17, 15) is 19.2 Å². The maximum Gasteiger partial charge on any atom is 0.325 e. The number of benzene rings is 2. The first-order valence-corrected chi connectivity index (χ1v) is 10.6. The minimum atomic E-state index is -0.719. The Morgan fingerprint density at radius 3 is 2.72 bits per heavy atom. The van der Waals surface area contributed by atoms with Gasteiger partial charge >= 0.3 is 6.03 Å². The van der Waals surface area contributed by atoms with Crippen LogP contribution in [0.15, 0.2) is 54.7 Å². The highest BCUT2D eigenvalue weighted by atomic mass is 16.2. The third-order valence-electron chi connectivity index (χ3n) is 6.06. The van der Waals surface area contributed by atoms with Gasteiger partial charge in [-0.15, -0.1) is 0 Å². The van der Waals surface area contributed by atoms with E-state index in [1.54, 1.807) is 29.2 Å². The van der Waals surface area contributed by atoms with Crippen molar-refractivity contribution in [1.82, 2.24) is 15.2 Å². The summed E-state index contributed by atoms with van der Waals surface area (Å²) in [7, 11) is 0. The van der Waals surface area contributed by atoms with Crippen molar-refractivity contribution in [3.8, 4) is 0 Å². The van der Waals surface area contributed by atoms with Crippen LogP contribution < -0.4 is 10.2 Å². The number of carbonyl (C=O) groups excluding carboxylic acids is 4. The molecule has 3 heterocycles. The summed E-state index contributed by atoms with van der Waals surface area (Å²) in [5.74, 6) is -0.738. The lowest BCUT2D eigenvalue weighted by Crippen LogP contribution is -2.36. The van der Waals surface area contributed by atoms with Crippen molar-refractivity contribution >= 4 is 40.2 Å². The fourth-order valence-corrected chi connectivity index (χ4v) is 4.39. The molecule has 3 aromatic rings. The summed E-state index contributed by atoms with van der Waals surface area (Å²) >= 11 is 0. The topological polar surface area (TPSA) is 103 Å². The fraction of sp³-hybridized carbons (Fsp3) is 0.250. The molecule has 8 heteroatoms. The van der Waals surface area contributed by atoms with Crippen molar-refractivity contribution in [3.63, 3.8) is 0 Å². The number of hydrogen-bond acceptors (Lipinski definition) is 4. The molecule has 4 amide bonds. The maximum atomic E-state index is 12.9. The predicted molar refractivity (Wildman–Crippen MR) is 118 cm³/mol. The standard InChI is InChI=1S/C24H22N4O4/c29-21(15-5-3-6-17(11-15)27-10-4-9-22(27)30)14-28-23(31)20(26-24(28)32)12-16-13-25-19-8-2-1-7-18(16)19/h1-3,5-8,11,13,20,25H,4,9-10,12,14H2,(H,26,32)/t20-/m1/s1. The number of urea groups is 1. The smallest absolute Gasteiger partial charge is 0.325 e. The Morgan fingerprint density at radius 2 is 1.91 bits per heavy atom. The van der Waals surface area contributed by atoms with Crippen LogP contribution in [0.25, 0.3) is 10.9 Å². The first kappa shape index (κ1) is 20.0. The molecule has 0 saturated carbocycles. The van der Waals surface area contributed by atoms with E-state index in [1.807, 2.05) is 30.5 Å².